The second kappa shape index (κ2) is 11.2. The maximum atomic E-state index is 13.5. The Morgan fingerprint density at radius 1 is 1.00 bits per heavy atom. The van der Waals surface area contributed by atoms with Crippen molar-refractivity contribution in [3.63, 3.8) is 0 Å². The van der Waals surface area contributed by atoms with Crippen LogP contribution in [0.25, 0.3) is 22.3 Å². The summed E-state index contributed by atoms with van der Waals surface area (Å²) in [5, 5.41) is 16.3. The first-order chi connectivity index (χ1) is 19.6. The number of aromatic nitrogens is 2. The van der Waals surface area contributed by atoms with Crippen molar-refractivity contribution in [2.75, 3.05) is 0 Å². The Bertz CT molecular complexity index is 1870. The smallest absolute Gasteiger partial charge is 0.416 e. The first-order valence-electron chi connectivity index (χ1n) is 12.0. The summed E-state index contributed by atoms with van der Waals surface area (Å²) in [5.74, 6) is 0.0432. The molecule has 5 rings (SSSR count). The number of hydrogen-bond acceptors (Lipinski definition) is 6. The molecule has 0 saturated heterocycles. The molecule has 0 radical (unpaired) electrons. The molecular formula is C29H18ClF3N4O4. The molecule has 1 aromatic heterocycles. The summed E-state index contributed by atoms with van der Waals surface area (Å²) in [7, 11) is 0. The normalized spacial score (nSPS) is 11.7. The van der Waals surface area contributed by atoms with Crippen LogP contribution in [0.15, 0.2) is 101 Å². The molecule has 5 aromatic rings. The fourth-order valence-corrected chi connectivity index (χ4v) is 4.22. The van der Waals surface area contributed by atoms with Crippen LogP contribution in [0.1, 0.15) is 16.7 Å². The number of nitro groups is 1. The number of halogens is 4. The molecule has 0 aliphatic carbocycles. The van der Waals surface area contributed by atoms with Crippen molar-refractivity contribution in [2.45, 2.75) is 12.8 Å². The molecule has 0 bridgehead atoms. The highest BCUT2D eigenvalue weighted by Crippen LogP contribution is 2.32. The lowest BCUT2D eigenvalue weighted by atomic mass is 10.1. The molecule has 0 N–H and O–H groups in total. The van der Waals surface area contributed by atoms with Gasteiger partial charge in [0.1, 0.15) is 12.4 Å². The average Bonchev–Trinajstić information content (AvgIpc) is 2.96. The zero-order valence-electron chi connectivity index (χ0n) is 20.9. The molecule has 41 heavy (non-hydrogen) atoms. The Kier molecular flexibility index (Phi) is 7.54. The molecule has 1 heterocycles. The van der Waals surface area contributed by atoms with E-state index in [9.17, 15) is 28.1 Å². The van der Waals surface area contributed by atoms with E-state index in [2.05, 4.69) is 10.1 Å². The first kappa shape index (κ1) is 27.5. The summed E-state index contributed by atoms with van der Waals surface area (Å²) < 4.78 is 47.1. The summed E-state index contributed by atoms with van der Waals surface area (Å²) in [6.45, 7) is 0.0330. The molecule has 0 unspecified atom stereocenters. The topological polar surface area (TPSA) is 99.6 Å². The summed E-state index contributed by atoms with van der Waals surface area (Å²) in [5.41, 5.74) is -0.785. The SMILES string of the molecule is O=c1c2ccccc2nc(-c2cccc(C(F)(F)F)c2)n1N=Cc1cc([N+](=O)[O-])ccc1OCc1ccccc1Cl. The fourth-order valence-electron chi connectivity index (χ4n) is 4.02. The van der Waals surface area contributed by atoms with E-state index in [0.717, 1.165) is 23.0 Å². The average molecular weight is 579 g/mol. The summed E-state index contributed by atoms with van der Waals surface area (Å²) in [4.78, 5) is 28.7. The van der Waals surface area contributed by atoms with Gasteiger partial charge in [-0.05, 0) is 36.4 Å². The molecule has 8 nitrogen and oxygen atoms in total. The Hall–Kier alpha value is -5.03. The number of rotatable bonds is 7. The zero-order valence-corrected chi connectivity index (χ0v) is 21.6. The van der Waals surface area contributed by atoms with Crippen molar-refractivity contribution < 1.29 is 22.8 Å². The highest BCUT2D eigenvalue weighted by molar-refractivity contribution is 6.31. The van der Waals surface area contributed by atoms with Gasteiger partial charge in [0.05, 0.1) is 27.6 Å². The number of para-hydroxylation sites is 1. The van der Waals surface area contributed by atoms with E-state index < -0.39 is 22.2 Å². The van der Waals surface area contributed by atoms with Gasteiger partial charge < -0.3 is 4.74 Å². The van der Waals surface area contributed by atoms with Gasteiger partial charge in [0.15, 0.2) is 5.82 Å². The molecule has 0 aliphatic heterocycles. The van der Waals surface area contributed by atoms with Crippen molar-refractivity contribution in [3.05, 3.63) is 133 Å². The molecule has 0 amide bonds. The zero-order chi connectivity index (χ0) is 29.1. The van der Waals surface area contributed by atoms with Gasteiger partial charge in [0, 0.05) is 33.8 Å². The van der Waals surface area contributed by atoms with E-state index in [4.69, 9.17) is 16.3 Å². The van der Waals surface area contributed by atoms with Gasteiger partial charge in [-0.2, -0.15) is 22.9 Å². The lowest BCUT2D eigenvalue weighted by Crippen LogP contribution is -2.20. The Balaban J connectivity index is 1.63. The number of fused-ring (bicyclic) bond motifs is 1. The van der Waals surface area contributed by atoms with Crippen molar-refractivity contribution in [3.8, 4) is 17.1 Å². The lowest BCUT2D eigenvalue weighted by molar-refractivity contribution is -0.384. The van der Waals surface area contributed by atoms with Gasteiger partial charge in [-0.1, -0.05) is 54.1 Å². The number of alkyl halides is 3. The minimum atomic E-state index is -4.63. The van der Waals surface area contributed by atoms with Crippen LogP contribution in [0.3, 0.4) is 0 Å². The molecular weight excluding hydrogens is 561 g/mol. The molecule has 0 spiro atoms. The van der Waals surface area contributed by atoms with Crippen LogP contribution in [-0.4, -0.2) is 20.8 Å². The van der Waals surface area contributed by atoms with Gasteiger partial charge >= 0.3 is 6.18 Å². The molecule has 0 saturated carbocycles. The van der Waals surface area contributed by atoms with E-state index in [0.29, 0.717) is 10.6 Å². The van der Waals surface area contributed by atoms with Gasteiger partial charge in [-0.15, -0.1) is 0 Å². The van der Waals surface area contributed by atoms with Crippen LogP contribution in [0.2, 0.25) is 5.02 Å². The second-order valence-corrected chi connectivity index (χ2v) is 9.16. The minimum absolute atomic E-state index is 0.00550. The number of ether oxygens (including phenoxy) is 1. The Morgan fingerprint density at radius 3 is 2.51 bits per heavy atom. The van der Waals surface area contributed by atoms with Crippen LogP contribution < -0.4 is 10.3 Å². The maximum absolute atomic E-state index is 13.5. The Morgan fingerprint density at radius 2 is 1.76 bits per heavy atom. The van der Waals surface area contributed by atoms with Gasteiger partial charge in [-0.25, -0.2) is 4.98 Å². The van der Waals surface area contributed by atoms with Crippen molar-refractivity contribution in [1.82, 2.24) is 9.66 Å². The van der Waals surface area contributed by atoms with Gasteiger partial charge in [0.25, 0.3) is 11.2 Å². The van der Waals surface area contributed by atoms with Gasteiger partial charge in [-0.3, -0.25) is 14.9 Å². The van der Waals surface area contributed by atoms with E-state index in [-0.39, 0.29) is 45.9 Å². The summed E-state index contributed by atoms with van der Waals surface area (Å²) in [6, 6.07) is 21.5. The van der Waals surface area contributed by atoms with E-state index in [1.807, 2.05) is 0 Å². The summed E-state index contributed by atoms with van der Waals surface area (Å²) in [6.07, 6.45) is -3.47. The van der Waals surface area contributed by atoms with E-state index >= 15 is 0 Å². The van der Waals surface area contributed by atoms with Crippen LogP contribution >= 0.6 is 11.6 Å². The predicted octanol–water partition coefficient (Wildman–Crippen LogP) is 7.11. The molecule has 0 fully saturated rings. The number of non-ortho nitro benzene ring substituents is 1. The third-order valence-electron chi connectivity index (χ3n) is 6.06. The fraction of sp³-hybridized carbons (Fsp3) is 0.0690. The lowest BCUT2D eigenvalue weighted by Gasteiger charge is -2.13. The van der Waals surface area contributed by atoms with Crippen LogP contribution in [0.4, 0.5) is 18.9 Å². The first-order valence-corrected chi connectivity index (χ1v) is 12.4. The molecule has 4 aromatic carbocycles. The molecule has 0 aliphatic rings. The van der Waals surface area contributed by atoms with Crippen LogP contribution in [0.5, 0.6) is 5.75 Å². The van der Waals surface area contributed by atoms with Crippen LogP contribution in [0, 0.1) is 10.1 Å². The van der Waals surface area contributed by atoms with Gasteiger partial charge in [0.2, 0.25) is 0 Å². The third kappa shape index (κ3) is 5.94. The van der Waals surface area contributed by atoms with E-state index in [1.165, 1.54) is 36.4 Å². The monoisotopic (exact) mass is 578 g/mol. The number of benzene rings is 4. The number of nitrogens with zero attached hydrogens (tertiary/aromatic N) is 4. The quantitative estimate of drug-likeness (QED) is 0.116. The van der Waals surface area contributed by atoms with Crippen molar-refractivity contribution in [2.24, 2.45) is 5.10 Å². The summed E-state index contributed by atoms with van der Waals surface area (Å²) >= 11 is 6.21. The Labute approximate surface area is 235 Å². The van der Waals surface area contributed by atoms with Crippen LogP contribution in [-0.2, 0) is 12.8 Å². The maximum Gasteiger partial charge on any atom is 0.416 e. The van der Waals surface area contributed by atoms with E-state index in [1.54, 1.807) is 42.5 Å². The highest BCUT2D eigenvalue weighted by atomic mass is 35.5. The largest absolute Gasteiger partial charge is 0.488 e. The number of hydrogen-bond donors (Lipinski definition) is 0. The standard InChI is InChI=1S/C29H18ClF3N4O4/c30-24-10-3-1-6-19(24)17-41-26-13-12-22(37(39)40)15-20(26)16-34-36-27(18-7-5-8-21(14-18)29(31,32)33)35-25-11-4-2-9-23(25)28(36)38/h1-16H,17H2. The molecule has 206 valence electrons. The highest BCUT2D eigenvalue weighted by Gasteiger charge is 2.31. The molecule has 0 atom stereocenters. The number of nitro benzene ring substituents is 1. The minimum Gasteiger partial charge on any atom is -0.488 e. The van der Waals surface area contributed by atoms with Crippen molar-refractivity contribution in [1.29, 1.82) is 0 Å². The predicted molar refractivity (Wildman–Crippen MR) is 148 cm³/mol. The second-order valence-electron chi connectivity index (χ2n) is 8.75. The molecule has 12 heteroatoms. The van der Waals surface area contributed by atoms with Crippen molar-refractivity contribution >= 4 is 34.4 Å². The third-order valence-corrected chi connectivity index (χ3v) is 6.43.